The first-order chi connectivity index (χ1) is 12.0. The highest BCUT2D eigenvalue weighted by molar-refractivity contribution is 5.77. The highest BCUT2D eigenvalue weighted by Crippen LogP contribution is 2.37. The number of aromatic nitrogens is 2. The fourth-order valence-electron chi connectivity index (χ4n) is 3.34. The molecule has 1 heterocycles. The topological polar surface area (TPSA) is 77.2 Å². The Hall–Kier alpha value is -2.37. The van der Waals surface area contributed by atoms with Crippen LogP contribution >= 0.6 is 0 Å². The Labute approximate surface area is 148 Å². The van der Waals surface area contributed by atoms with Gasteiger partial charge >= 0.3 is 0 Å². The molecule has 2 aromatic rings. The van der Waals surface area contributed by atoms with Gasteiger partial charge < -0.3 is 14.6 Å². The van der Waals surface area contributed by atoms with Crippen molar-refractivity contribution in [1.82, 2.24) is 15.5 Å². The minimum Gasteiger partial charge on any atom is -0.493 e. The molecule has 3 rings (SSSR count). The number of ether oxygens (including phenoxy) is 1. The first-order valence-corrected chi connectivity index (χ1v) is 8.81. The normalized spacial score (nSPS) is 16.0. The minimum absolute atomic E-state index is 0.0466. The van der Waals surface area contributed by atoms with Crippen molar-refractivity contribution in [1.29, 1.82) is 0 Å². The third-order valence-electron chi connectivity index (χ3n) is 4.93. The van der Waals surface area contributed by atoms with E-state index < -0.39 is 5.54 Å². The lowest BCUT2D eigenvalue weighted by Crippen LogP contribution is -2.45. The summed E-state index contributed by atoms with van der Waals surface area (Å²) in [5, 5.41) is 7.17. The molecule has 0 atom stereocenters. The summed E-state index contributed by atoms with van der Waals surface area (Å²) >= 11 is 0. The molecule has 1 saturated carbocycles. The maximum Gasteiger partial charge on any atom is 0.224 e. The molecular weight excluding hydrogens is 318 g/mol. The Morgan fingerprint density at radius 1 is 1.28 bits per heavy atom. The number of carbonyl (C=O) groups excluding carboxylic acids is 1. The molecule has 0 unspecified atom stereocenters. The average Bonchev–Trinajstić information content (AvgIpc) is 3.21. The first kappa shape index (κ1) is 17.5. The maximum atomic E-state index is 12.4. The van der Waals surface area contributed by atoms with Gasteiger partial charge in [-0.05, 0) is 43.9 Å². The van der Waals surface area contributed by atoms with Crippen molar-refractivity contribution in [2.45, 2.75) is 58.4 Å². The number of amides is 1. The van der Waals surface area contributed by atoms with Gasteiger partial charge in [-0.15, -0.1) is 0 Å². The SMILES string of the molecule is Cc1nc(C2(NC(=O)CCOc3cccc(C)c3C)CCCC2)no1. The van der Waals surface area contributed by atoms with Gasteiger partial charge in [-0.2, -0.15) is 4.98 Å². The molecule has 1 fully saturated rings. The zero-order valence-corrected chi connectivity index (χ0v) is 15.1. The lowest BCUT2D eigenvalue weighted by molar-refractivity contribution is -0.123. The van der Waals surface area contributed by atoms with E-state index in [-0.39, 0.29) is 5.91 Å². The predicted octanol–water partition coefficient (Wildman–Crippen LogP) is 3.35. The predicted molar refractivity (Wildman–Crippen MR) is 93.4 cm³/mol. The van der Waals surface area contributed by atoms with Gasteiger partial charge in [-0.3, -0.25) is 4.79 Å². The van der Waals surface area contributed by atoms with E-state index in [1.807, 2.05) is 32.0 Å². The Morgan fingerprint density at radius 3 is 2.72 bits per heavy atom. The third-order valence-corrected chi connectivity index (χ3v) is 4.93. The average molecular weight is 343 g/mol. The number of nitrogens with one attached hydrogen (secondary N) is 1. The zero-order chi connectivity index (χ0) is 17.9. The van der Waals surface area contributed by atoms with Crippen LogP contribution in [-0.2, 0) is 10.3 Å². The van der Waals surface area contributed by atoms with E-state index in [1.54, 1.807) is 6.92 Å². The van der Waals surface area contributed by atoms with Gasteiger partial charge in [0.05, 0.1) is 13.0 Å². The van der Waals surface area contributed by atoms with E-state index in [0.29, 0.717) is 24.7 Å². The zero-order valence-electron chi connectivity index (χ0n) is 15.1. The lowest BCUT2D eigenvalue weighted by atomic mass is 9.96. The lowest BCUT2D eigenvalue weighted by Gasteiger charge is -2.26. The van der Waals surface area contributed by atoms with Gasteiger partial charge in [0.25, 0.3) is 0 Å². The quantitative estimate of drug-likeness (QED) is 0.870. The Bertz CT molecular complexity index is 748. The summed E-state index contributed by atoms with van der Waals surface area (Å²) in [6, 6.07) is 5.94. The molecule has 0 spiro atoms. The van der Waals surface area contributed by atoms with Crippen molar-refractivity contribution < 1.29 is 14.1 Å². The standard InChI is InChI=1S/C19H25N3O3/c1-13-7-6-8-16(14(13)2)24-12-9-17(23)21-19(10-4-5-11-19)18-20-15(3)25-22-18/h6-8H,4-5,9-12H2,1-3H3,(H,21,23). The maximum absolute atomic E-state index is 12.4. The summed E-state index contributed by atoms with van der Waals surface area (Å²) in [7, 11) is 0. The van der Waals surface area contributed by atoms with Crippen LogP contribution in [-0.4, -0.2) is 22.7 Å². The summed E-state index contributed by atoms with van der Waals surface area (Å²) in [4.78, 5) is 16.8. The molecule has 1 aliphatic rings. The molecule has 0 saturated heterocycles. The first-order valence-electron chi connectivity index (χ1n) is 8.81. The van der Waals surface area contributed by atoms with Crippen LogP contribution in [0.2, 0.25) is 0 Å². The molecule has 1 aromatic heterocycles. The van der Waals surface area contributed by atoms with Gasteiger partial charge in [-0.25, -0.2) is 0 Å². The number of hydrogen-bond acceptors (Lipinski definition) is 5. The highest BCUT2D eigenvalue weighted by Gasteiger charge is 2.41. The summed E-state index contributed by atoms with van der Waals surface area (Å²) in [6.45, 7) is 6.18. The second-order valence-corrected chi connectivity index (χ2v) is 6.77. The Morgan fingerprint density at radius 2 is 2.04 bits per heavy atom. The van der Waals surface area contributed by atoms with Crippen molar-refractivity contribution >= 4 is 5.91 Å². The van der Waals surface area contributed by atoms with Crippen LogP contribution in [0.15, 0.2) is 22.7 Å². The van der Waals surface area contributed by atoms with Gasteiger partial charge in [-0.1, -0.05) is 30.1 Å². The fraction of sp³-hybridized carbons (Fsp3) is 0.526. The number of carbonyl (C=O) groups is 1. The van der Waals surface area contributed by atoms with E-state index in [2.05, 4.69) is 15.5 Å². The molecule has 1 aliphatic carbocycles. The van der Waals surface area contributed by atoms with Crippen molar-refractivity contribution in [3.05, 3.63) is 41.0 Å². The number of nitrogens with zero attached hydrogens (tertiary/aromatic N) is 2. The third kappa shape index (κ3) is 3.83. The molecule has 1 amide bonds. The summed E-state index contributed by atoms with van der Waals surface area (Å²) in [5.41, 5.74) is 1.80. The second-order valence-electron chi connectivity index (χ2n) is 6.77. The highest BCUT2D eigenvalue weighted by atomic mass is 16.5. The monoisotopic (exact) mass is 343 g/mol. The van der Waals surface area contributed by atoms with E-state index >= 15 is 0 Å². The van der Waals surface area contributed by atoms with Gasteiger partial charge in [0, 0.05) is 6.92 Å². The van der Waals surface area contributed by atoms with Crippen LogP contribution < -0.4 is 10.1 Å². The second kappa shape index (κ2) is 7.25. The van der Waals surface area contributed by atoms with E-state index in [9.17, 15) is 4.79 Å². The molecule has 25 heavy (non-hydrogen) atoms. The van der Waals surface area contributed by atoms with Crippen LogP contribution in [0.5, 0.6) is 5.75 Å². The number of benzene rings is 1. The summed E-state index contributed by atoms with van der Waals surface area (Å²) in [5.74, 6) is 1.90. The van der Waals surface area contributed by atoms with Crippen LogP contribution in [0.3, 0.4) is 0 Å². The van der Waals surface area contributed by atoms with Crippen molar-refractivity contribution in [3.8, 4) is 5.75 Å². The number of rotatable bonds is 6. The van der Waals surface area contributed by atoms with Gasteiger partial charge in [0.15, 0.2) is 5.82 Å². The van der Waals surface area contributed by atoms with Crippen LogP contribution in [0, 0.1) is 20.8 Å². The van der Waals surface area contributed by atoms with E-state index in [1.165, 1.54) is 5.56 Å². The smallest absolute Gasteiger partial charge is 0.224 e. The van der Waals surface area contributed by atoms with Crippen molar-refractivity contribution in [3.63, 3.8) is 0 Å². The fourth-order valence-corrected chi connectivity index (χ4v) is 3.34. The summed E-state index contributed by atoms with van der Waals surface area (Å²) < 4.78 is 10.9. The van der Waals surface area contributed by atoms with E-state index in [0.717, 1.165) is 37.0 Å². The van der Waals surface area contributed by atoms with Crippen molar-refractivity contribution in [2.24, 2.45) is 0 Å². The molecule has 6 heteroatoms. The number of aryl methyl sites for hydroxylation is 2. The molecule has 0 aliphatic heterocycles. The summed E-state index contributed by atoms with van der Waals surface area (Å²) in [6.07, 6.45) is 4.08. The largest absolute Gasteiger partial charge is 0.493 e. The minimum atomic E-state index is -0.492. The molecule has 0 bridgehead atoms. The van der Waals surface area contributed by atoms with Gasteiger partial charge in [0.2, 0.25) is 11.8 Å². The molecule has 1 aromatic carbocycles. The molecule has 6 nitrogen and oxygen atoms in total. The molecule has 1 N–H and O–H groups in total. The molecule has 134 valence electrons. The van der Waals surface area contributed by atoms with Gasteiger partial charge in [0.1, 0.15) is 11.3 Å². The van der Waals surface area contributed by atoms with Crippen LogP contribution in [0.25, 0.3) is 0 Å². The van der Waals surface area contributed by atoms with Crippen LogP contribution in [0.1, 0.15) is 54.9 Å². The number of hydrogen-bond donors (Lipinski definition) is 1. The molecular formula is C19H25N3O3. The van der Waals surface area contributed by atoms with E-state index in [4.69, 9.17) is 9.26 Å². The van der Waals surface area contributed by atoms with Crippen molar-refractivity contribution in [2.75, 3.05) is 6.61 Å². The Kier molecular flexibility index (Phi) is 5.06. The Balaban J connectivity index is 1.58. The molecule has 0 radical (unpaired) electrons. The van der Waals surface area contributed by atoms with Crippen LogP contribution in [0.4, 0.5) is 0 Å².